The third-order valence-electron chi connectivity index (χ3n) is 3.17. The zero-order valence-corrected chi connectivity index (χ0v) is 12.7. The summed E-state index contributed by atoms with van der Waals surface area (Å²) < 4.78 is 1.77. The number of hydrogen-bond donors (Lipinski definition) is 2. The second kappa shape index (κ2) is 6.73. The fraction of sp³-hybridized carbons (Fsp3) is 0.200. The van der Waals surface area contributed by atoms with Crippen LogP contribution < -0.4 is 10.6 Å². The standard InChI is InChI=1S/C15H17N7O/c1-21-18-11-13(19-21)10-17-15(23)16-9-12-7-8-22(20-12)14-5-3-2-4-6-14/h2-8,11H,9-10H2,1H3,(H2,16,17,23). The maximum atomic E-state index is 11.8. The van der Waals surface area contributed by atoms with Crippen LogP contribution in [0.4, 0.5) is 4.79 Å². The van der Waals surface area contributed by atoms with Crippen LogP contribution in [0.3, 0.4) is 0 Å². The Hall–Kier alpha value is -3.16. The number of aromatic nitrogens is 5. The predicted molar refractivity (Wildman–Crippen MR) is 83.6 cm³/mol. The molecule has 2 N–H and O–H groups in total. The maximum Gasteiger partial charge on any atom is 0.315 e. The average molecular weight is 311 g/mol. The number of para-hydroxylation sites is 1. The molecule has 8 heteroatoms. The van der Waals surface area contributed by atoms with Crippen LogP contribution in [0, 0.1) is 0 Å². The van der Waals surface area contributed by atoms with Gasteiger partial charge in [-0.15, -0.1) is 0 Å². The van der Waals surface area contributed by atoms with E-state index in [1.54, 1.807) is 17.9 Å². The molecule has 3 rings (SSSR count). The number of nitrogens with one attached hydrogen (secondary N) is 2. The molecule has 0 bridgehead atoms. The lowest BCUT2D eigenvalue weighted by Crippen LogP contribution is -2.34. The normalized spacial score (nSPS) is 10.5. The second-order valence-electron chi connectivity index (χ2n) is 4.95. The molecule has 1 aromatic carbocycles. The topological polar surface area (TPSA) is 89.7 Å². The number of carbonyl (C=O) groups is 1. The number of urea groups is 1. The van der Waals surface area contributed by atoms with E-state index in [1.807, 2.05) is 42.6 Å². The Morgan fingerprint density at radius 1 is 1.04 bits per heavy atom. The van der Waals surface area contributed by atoms with Gasteiger partial charge in [-0.1, -0.05) is 18.2 Å². The number of aryl methyl sites for hydroxylation is 1. The Labute approximate surface area is 133 Å². The van der Waals surface area contributed by atoms with Crippen LogP contribution in [-0.4, -0.2) is 30.8 Å². The molecule has 2 amide bonds. The van der Waals surface area contributed by atoms with Crippen LogP contribution >= 0.6 is 0 Å². The molecule has 0 saturated carbocycles. The number of rotatable bonds is 5. The third kappa shape index (κ3) is 3.94. The van der Waals surface area contributed by atoms with Crippen LogP contribution in [0.15, 0.2) is 48.8 Å². The SMILES string of the molecule is Cn1ncc(CNC(=O)NCc2ccn(-c3ccccc3)n2)n1. The van der Waals surface area contributed by atoms with Crippen LogP contribution in [0.25, 0.3) is 5.69 Å². The van der Waals surface area contributed by atoms with Crippen molar-refractivity contribution in [2.45, 2.75) is 13.1 Å². The molecule has 3 aromatic rings. The molecule has 0 spiro atoms. The number of carbonyl (C=O) groups excluding carboxylic acids is 1. The van der Waals surface area contributed by atoms with Crippen molar-refractivity contribution in [3.05, 3.63) is 60.2 Å². The van der Waals surface area contributed by atoms with Crippen molar-refractivity contribution in [3.8, 4) is 5.69 Å². The third-order valence-corrected chi connectivity index (χ3v) is 3.17. The summed E-state index contributed by atoms with van der Waals surface area (Å²) in [5, 5.41) is 17.9. The molecule has 0 radical (unpaired) electrons. The predicted octanol–water partition coefficient (Wildman–Crippen LogP) is 1.00. The van der Waals surface area contributed by atoms with Crippen molar-refractivity contribution in [2.24, 2.45) is 7.05 Å². The molecule has 2 aromatic heterocycles. The van der Waals surface area contributed by atoms with Crippen molar-refractivity contribution in [2.75, 3.05) is 0 Å². The highest BCUT2D eigenvalue weighted by Gasteiger charge is 2.05. The number of hydrogen-bond acceptors (Lipinski definition) is 4. The zero-order chi connectivity index (χ0) is 16.1. The number of amides is 2. The van der Waals surface area contributed by atoms with E-state index >= 15 is 0 Å². The molecule has 0 aliphatic carbocycles. The maximum absolute atomic E-state index is 11.8. The summed E-state index contributed by atoms with van der Waals surface area (Å²) in [5.41, 5.74) is 2.46. The monoisotopic (exact) mass is 311 g/mol. The van der Waals surface area contributed by atoms with E-state index in [2.05, 4.69) is 25.9 Å². The highest BCUT2D eigenvalue weighted by atomic mass is 16.2. The van der Waals surface area contributed by atoms with Crippen molar-refractivity contribution < 1.29 is 4.79 Å². The average Bonchev–Trinajstić information content (AvgIpc) is 3.21. The fourth-order valence-corrected chi connectivity index (χ4v) is 2.05. The van der Waals surface area contributed by atoms with E-state index in [0.717, 1.165) is 11.4 Å². The lowest BCUT2D eigenvalue weighted by molar-refractivity contribution is 0.240. The Morgan fingerprint density at radius 3 is 2.48 bits per heavy atom. The van der Waals surface area contributed by atoms with E-state index in [0.29, 0.717) is 18.8 Å². The quantitative estimate of drug-likeness (QED) is 0.735. The van der Waals surface area contributed by atoms with Crippen LogP contribution in [0.5, 0.6) is 0 Å². The van der Waals surface area contributed by atoms with Gasteiger partial charge in [0.05, 0.1) is 30.7 Å². The molecule has 2 heterocycles. The van der Waals surface area contributed by atoms with E-state index in [-0.39, 0.29) is 6.03 Å². The molecule has 0 saturated heterocycles. The van der Waals surface area contributed by atoms with Gasteiger partial charge in [-0.05, 0) is 18.2 Å². The summed E-state index contributed by atoms with van der Waals surface area (Å²) in [7, 11) is 1.73. The first kappa shape index (κ1) is 14.8. The van der Waals surface area contributed by atoms with Gasteiger partial charge < -0.3 is 10.6 Å². The number of benzene rings is 1. The van der Waals surface area contributed by atoms with Crippen LogP contribution in [-0.2, 0) is 20.1 Å². The molecule has 23 heavy (non-hydrogen) atoms. The highest BCUT2D eigenvalue weighted by molar-refractivity contribution is 5.73. The van der Waals surface area contributed by atoms with Crippen molar-refractivity contribution in [1.29, 1.82) is 0 Å². The Kier molecular flexibility index (Phi) is 4.32. The Bertz CT molecular complexity index is 778. The van der Waals surface area contributed by atoms with E-state index in [4.69, 9.17) is 0 Å². The molecule has 8 nitrogen and oxygen atoms in total. The molecular weight excluding hydrogens is 294 g/mol. The van der Waals surface area contributed by atoms with Crippen LogP contribution in [0.2, 0.25) is 0 Å². The Morgan fingerprint density at radius 2 is 1.78 bits per heavy atom. The molecule has 0 aliphatic rings. The van der Waals surface area contributed by atoms with Gasteiger partial charge in [-0.25, -0.2) is 9.48 Å². The van der Waals surface area contributed by atoms with Crippen molar-refractivity contribution in [3.63, 3.8) is 0 Å². The summed E-state index contributed by atoms with van der Waals surface area (Å²) in [6.07, 6.45) is 3.48. The van der Waals surface area contributed by atoms with Crippen molar-refractivity contribution in [1.82, 2.24) is 35.4 Å². The van der Waals surface area contributed by atoms with E-state index in [9.17, 15) is 4.79 Å². The van der Waals surface area contributed by atoms with Crippen LogP contribution in [0.1, 0.15) is 11.4 Å². The first-order valence-electron chi connectivity index (χ1n) is 7.17. The fourth-order valence-electron chi connectivity index (χ4n) is 2.05. The minimum absolute atomic E-state index is 0.273. The van der Waals surface area contributed by atoms with Gasteiger partial charge in [0, 0.05) is 13.2 Å². The lowest BCUT2D eigenvalue weighted by atomic mass is 10.3. The first-order chi connectivity index (χ1) is 11.2. The molecular formula is C15H17N7O. The minimum Gasteiger partial charge on any atom is -0.332 e. The van der Waals surface area contributed by atoms with Crippen molar-refractivity contribution >= 4 is 6.03 Å². The summed E-state index contributed by atoms with van der Waals surface area (Å²) in [5.74, 6) is 0. The second-order valence-corrected chi connectivity index (χ2v) is 4.95. The molecule has 0 atom stereocenters. The summed E-state index contributed by atoms with van der Waals surface area (Å²) in [6, 6.07) is 11.4. The van der Waals surface area contributed by atoms with Gasteiger partial charge in [0.15, 0.2) is 0 Å². The summed E-state index contributed by atoms with van der Waals surface area (Å²) in [6.45, 7) is 0.685. The smallest absolute Gasteiger partial charge is 0.315 e. The minimum atomic E-state index is -0.273. The van der Waals surface area contributed by atoms with Gasteiger partial charge >= 0.3 is 6.03 Å². The largest absolute Gasteiger partial charge is 0.332 e. The first-order valence-corrected chi connectivity index (χ1v) is 7.17. The zero-order valence-electron chi connectivity index (χ0n) is 12.7. The Balaban J connectivity index is 1.48. The molecule has 118 valence electrons. The highest BCUT2D eigenvalue weighted by Crippen LogP contribution is 2.06. The molecule has 0 unspecified atom stereocenters. The number of nitrogens with zero attached hydrogens (tertiary/aromatic N) is 5. The van der Waals surface area contributed by atoms with E-state index in [1.165, 1.54) is 4.80 Å². The summed E-state index contributed by atoms with van der Waals surface area (Å²) in [4.78, 5) is 13.2. The lowest BCUT2D eigenvalue weighted by Gasteiger charge is -2.04. The van der Waals surface area contributed by atoms with Gasteiger partial charge in [-0.2, -0.15) is 20.1 Å². The molecule has 0 fully saturated rings. The summed E-state index contributed by atoms with van der Waals surface area (Å²) >= 11 is 0. The van der Waals surface area contributed by atoms with Gasteiger partial charge in [-0.3, -0.25) is 0 Å². The van der Waals surface area contributed by atoms with E-state index < -0.39 is 0 Å². The molecule has 0 aliphatic heterocycles. The van der Waals surface area contributed by atoms with Gasteiger partial charge in [0.25, 0.3) is 0 Å². The van der Waals surface area contributed by atoms with Gasteiger partial charge in [0.1, 0.15) is 5.69 Å². The van der Waals surface area contributed by atoms with Gasteiger partial charge in [0.2, 0.25) is 0 Å².